The normalized spacial score (nSPS) is 11.5. The van der Waals surface area contributed by atoms with Gasteiger partial charge in [0, 0.05) is 52.8 Å². The Balaban J connectivity index is 1.59. The smallest absolute Gasteiger partial charge is 0.162 e. The second kappa shape index (κ2) is 7.35. The third-order valence-electron chi connectivity index (χ3n) is 6.11. The van der Waals surface area contributed by atoms with Crippen molar-refractivity contribution in [3.63, 3.8) is 0 Å². The zero-order valence-electron chi connectivity index (χ0n) is 18.0. The number of pyridine rings is 2. The van der Waals surface area contributed by atoms with Crippen LogP contribution in [0.1, 0.15) is 0 Å². The Kier molecular flexibility index (Phi) is 4.04. The van der Waals surface area contributed by atoms with Crippen molar-refractivity contribution >= 4 is 32.8 Å². The Morgan fingerprint density at radius 1 is 0.676 bits per heavy atom. The number of para-hydroxylation sites is 1. The van der Waals surface area contributed by atoms with Crippen molar-refractivity contribution in [1.82, 2.24) is 24.5 Å². The van der Waals surface area contributed by atoms with Gasteiger partial charge in [-0.1, -0.05) is 18.2 Å². The van der Waals surface area contributed by atoms with E-state index in [2.05, 4.69) is 44.9 Å². The van der Waals surface area contributed by atoms with Crippen molar-refractivity contribution in [3.8, 4) is 28.5 Å². The summed E-state index contributed by atoms with van der Waals surface area (Å²) >= 11 is 0. The molecule has 7 aromatic rings. The van der Waals surface area contributed by atoms with Gasteiger partial charge in [0.05, 0.1) is 28.4 Å². The predicted molar refractivity (Wildman–Crippen MR) is 133 cm³/mol. The number of furan rings is 1. The molecule has 5 aromatic heterocycles. The highest BCUT2D eigenvalue weighted by atomic mass is 16.3. The maximum absolute atomic E-state index is 5.91. The van der Waals surface area contributed by atoms with Gasteiger partial charge in [0.2, 0.25) is 0 Å². The van der Waals surface area contributed by atoms with Gasteiger partial charge in [-0.3, -0.25) is 14.5 Å². The standard InChI is InChI=1S/C28H17N5O/c1-2-4-23-21(3-1)26-24(6-5-19-11-16-34-27(19)26)33(23)25-17-22(18-7-12-29-13-8-18)31-28(32-25)20-9-14-30-15-10-20/h1-17H. The largest absolute Gasteiger partial charge is 0.464 e. The van der Waals surface area contributed by atoms with Crippen LogP contribution in [0.5, 0.6) is 0 Å². The summed E-state index contributed by atoms with van der Waals surface area (Å²) in [4.78, 5) is 18.2. The van der Waals surface area contributed by atoms with E-state index in [-0.39, 0.29) is 0 Å². The first kappa shape index (κ1) is 18.7. The van der Waals surface area contributed by atoms with Crippen LogP contribution in [0.25, 0.3) is 61.2 Å². The molecule has 0 amide bonds. The molecule has 0 fully saturated rings. The molecule has 0 saturated carbocycles. The molecule has 6 nitrogen and oxygen atoms in total. The number of benzene rings is 2. The Bertz CT molecular complexity index is 1750. The first-order valence-electron chi connectivity index (χ1n) is 11.0. The minimum atomic E-state index is 0.636. The molecule has 0 aliphatic rings. The van der Waals surface area contributed by atoms with Gasteiger partial charge in [0.1, 0.15) is 11.4 Å². The average molecular weight is 439 g/mol. The molecule has 5 heterocycles. The number of aromatic nitrogens is 5. The van der Waals surface area contributed by atoms with E-state index in [4.69, 9.17) is 14.4 Å². The molecule has 6 heteroatoms. The molecule has 0 atom stereocenters. The Hall–Kier alpha value is -4.84. The summed E-state index contributed by atoms with van der Waals surface area (Å²) in [5.74, 6) is 1.42. The highest BCUT2D eigenvalue weighted by Gasteiger charge is 2.18. The van der Waals surface area contributed by atoms with Crippen LogP contribution in [0, 0.1) is 0 Å². The Morgan fingerprint density at radius 3 is 2.26 bits per heavy atom. The van der Waals surface area contributed by atoms with Gasteiger partial charge < -0.3 is 4.42 Å². The van der Waals surface area contributed by atoms with Crippen molar-refractivity contribution in [1.29, 1.82) is 0 Å². The number of fused-ring (bicyclic) bond motifs is 5. The average Bonchev–Trinajstić information content (AvgIpc) is 3.52. The molecule has 0 saturated heterocycles. The van der Waals surface area contributed by atoms with Crippen LogP contribution in [0.3, 0.4) is 0 Å². The van der Waals surface area contributed by atoms with E-state index in [1.54, 1.807) is 31.1 Å². The van der Waals surface area contributed by atoms with Crippen LogP contribution in [0.4, 0.5) is 0 Å². The van der Waals surface area contributed by atoms with Crippen molar-refractivity contribution in [2.45, 2.75) is 0 Å². The molecule has 0 spiro atoms. The molecule has 2 aromatic carbocycles. The van der Waals surface area contributed by atoms with Gasteiger partial charge >= 0.3 is 0 Å². The maximum Gasteiger partial charge on any atom is 0.162 e. The van der Waals surface area contributed by atoms with E-state index >= 15 is 0 Å². The summed E-state index contributed by atoms with van der Waals surface area (Å²) in [6.07, 6.45) is 8.80. The number of nitrogens with zero attached hydrogens (tertiary/aromatic N) is 5. The number of rotatable bonds is 3. The fourth-order valence-electron chi connectivity index (χ4n) is 4.57. The molecule has 0 aliphatic carbocycles. The van der Waals surface area contributed by atoms with Gasteiger partial charge in [-0.15, -0.1) is 0 Å². The second-order valence-corrected chi connectivity index (χ2v) is 8.06. The highest BCUT2D eigenvalue weighted by molar-refractivity contribution is 6.19. The van der Waals surface area contributed by atoms with Crippen molar-refractivity contribution in [3.05, 3.63) is 104 Å². The van der Waals surface area contributed by atoms with Crippen LogP contribution in [0.2, 0.25) is 0 Å². The topological polar surface area (TPSA) is 69.6 Å². The number of hydrogen-bond acceptors (Lipinski definition) is 5. The summed E-state index contributed by atoms with van der Waals surface area (Å²) in [5.41, 5.74) is 5.67. The molecule has 0 aliphatic heterocycles. The van der Waals surface area contributed by atoms with E-state index in [0.717, 1.165) is 55.4 Å². The van der Waals surface area contributed by atoms with E-state index in [9.17, 15) is 0 Å². The lowest BCUT2D eigenvalue weighted by molar-refractivity contribution is 0.619. The number of hydrogen-bond donors (Lipinski definition) is 0. The Morgan fingerprint density at radius 2 is 1.44 bits per heavy atom. The fraction of sp³-hybridized carbons (Fsp3) is 0. The molecule has 34 heavy (non-hydrogen) atoms. The molecular weight excluding hydrogens is 422 g/mol. The summed E-state index contributed by atoms with van der Waals surface area (Å²) in [6, 6.07) is 24.4. The van der Waals surface area contributed by atoms with Crippen LogP contribution in [-0.4, -0.2) is 24.5 Å². The summed E-state index contributed by atoms with van der Waals surface area (Å²) in [6.45, 7) is 0. The van der Waals surface area contributed by atoms with E-state index in [1.807, 2.05) is 42.5 Å². The van der Waals surface area contributed by atoms with Crippen LogP contribution in [0.15, 0.2) is 108 Å². The first-order valence-corrected chi connectivity index (χ1v) is 11.0. The SMILES string of the molecule is c1ccc2c(c1)c1c3occc3ccc1n2-c1cc(-c2ccncc2)nc(-c2ccncc2)n1. The van der Waals surface area contributed by atoms with Crippen LogP contribution in [-0.2, 0) is 0 Å². The van der Waals surface area contributed by atoms with Gasteiger partial charge in [0.15, 0.2) is 5.82 Å². The highest BCUT2D eigenvalue weighted by Crippen LogP contribution is 2.37. The zero-order valence-corrected chi connectivity index (χ0v) is 18.0. The molecule has 0 unspecified atom stereocenters. The van der Waals surface area contributed by atoms with Crippen LogP contribution >= 0.6 is 0 Å². The second-order valence-electron chi connectivity index (χ2n) is 8.06. The zero-order chi connectivity index (χ0) is 22.5. The monoisotopic (exact) mass is 439 g/mol. The van der Waals surface area contributed by atoms with Crippen LogP contribution < -0.4 is 0 Å². The minimum Gasteiger partial charge on any atom is -0.464 e. The molecule has 7 rings (SSSR count). The van der Waals surface area contributed by atoms with Gasteiger partial charge in [-0.05, 0) is 48.5 Å². The summed E-state index contributed by atoms with van der Waals surface area (Å²) < 4.78 is 8.10. The first-order chi connectivity index (χ1) is 16.9. The Labute approximate surface area is 194 Å². The third-order valence-corrected chi connectivity index (χ3v) is 6.11. The van der Waals surface area contributed by atoms with E-state index in [0.29, 0.717) is 5.82 Å². The van der Waals surface area contributed by atoms with Crippen molar-refractivity contribution in [2.75, 3.05) is 0 Å². The quantitative estimate of drug-likeness (QED) is 0.317. The van der Waals surface area contributed by atoms with Gasteiger partial charge in [0.25, 0.3) is 0 Å². The molecule has 160 valence electrons. The lowest BCUT2D eigenvalue weighted by atomic mass is 10.1. The maximum atomic E-state index is 5.91. The fourth-order valence-corrected chi connectivity index (χ4v) is 4.57. The molecular formula is C28H17N5O. The van der Waals surface area contributed by atoms with Gasteiger partial charge in [-0.2, -0.15) is 0 Å². The molecule has 0 radical (unpaired) electrons. The van der Waals surface area contributed by atoms with E-state index < -0.39 is 0 Å². The summed E-state index contributed by atoms with van der Waals surface area (Å²) in [7, 11) is 0. The third kappa shape index (κ3) is 2.82. The van der Waals surface area contributed by atoms with Crippen molar-refractivity contribution in [2.24, 2.45) is 0 Å². The van der Waals surface area contributed by atoms with Gasteiger partial charge in [-0.25, -0.2) is 9.97 Å². The minimum absolute atomic E-state index is 0.636. The lowest BCUT2D eigenvalue weighted by Gasteiger charge is -2.11. The molecule has 0 N–H and O–H groups in total. The lowest BCUT2D eigenvalue weighted by Crippen LogP contribution is -2.02. The predicted octanol–water partition coefficient (Wildman–Crippen LogP) is 6.44. The molecule has 0 bridgehead atoms. The van der Waals surface area contributed by atoms with E-state index in [1.165, 1.54) is 0 Å². The van der Waals surface area contributed by atoms with Crippen molar-refractivity contribution < 1.29 is 4.42 Å². The summed E-state index contributed by atoms with van der Waals surface area (Å²) in [5, 5.41) is 3.27.